The first-order chi connectivity index (χ1) is 6.43. The fourth-order valence-electron chi connectivity index (χ4n) is 0.907. The third-order valence-corrected chi connectivity index (χ3v) is 2.94. The molecule has 5 heteroatoms. The molecule has 0 N–H and O–H groups in total. The van der Waals surface area contributed by atoms with Crippen molar-refractivity contribution in [3.63, 3.8) is 0 Å². The van der Waals surface area contributed by atoms with E-state index in [4.69, 9.17) is 0 Å². The third kappa shape index (κ3) is 1.98. The molecule has 0 bridgehead atoms. The van der Waals surface area contributed by atoms with Gasteiger partial charge in [0, 0.05) is 14.1 Å². The molecule has 0 saturated carbocycles. The lowest BCUT2D eigenvalue weighted by Gasteiger charge is -2.04. The number of aromatic nitrogens is 1. The zero-order chi connectivity index (χ0) is 10.9. The van der Waals surface area contributed by atoms with Crippen molar-refractivity contribution < 1.29 is 9.18 Å². The molecular weight excluding hydrogens is 203 g/mol. The van der Waals surface area contributed by atoms with E-state index in [-0.39, 0.29) is 0 Å². The smallest absolute Gasteiger partial charge is 0.232 e. The Morgan fingerprint density at radius 1 is 1.57 bits per heavy atom. The van der Waals surface area contributed by atoms with Crippen LogP contribution in [0.3, 0.4) is 0 Å². The Balaban J connectivity index is 3.10. The molecule has 0 aromatic carbocycles. The fraction of sp³-hybridized carbons (Fsp3) is 0.333. The number of thiazole rings is 1. The Bertz CT molecular complexity index is 384. The lowest BCUT2D eigenvalue weighted by molar-refractivity contribution is 0.101. The van der Waals surface area contributed by atoms with Crippen molar-refractivity contribution in [2.24, 2.45) is 0 Å². The summed E-state index contributed by atoms with van der Waals surface area (Å²) in [5, 5.41) is 0.687. The minimum Gasteiger partial charge on any atom is -0.354 e. The molecule has 0 aliphatic heterocycles. The second kappa shape index (κ2) is 3.88. The summed E-state index contributed by atoms with van der Waals surface area (Å²) >= 11 is 1.17. The Kier molecular flexibility index (Phi) is 3.00. The monoisotopic (exact) mass is 214 g/mol. The molecule has 1 heterocycles. The molecule has 0 atom stereocenters. The van der Waals surface area contributed by atoms with E-state index in [2.05, 4.69) is 11.6 Å². The molecule has 14 heavy (non-hydrogen) atoms. The highest BCUT2D eigenvalue weighted by Gasteiger charge is 2.18. The second-order valence-electron chi connectivity index (χ2n) is 3.04. The summed E-state index contributed by atoms with van der Waals surface area (Å²) in [6, 6.07) is 0. The summed E-state index contributed by atoms with van der Waals surface area (Å²) in [4.78, 5) is 17.5. The summed E-state index contributed by atoms with van der Waals surface area (Å²) < 4.78 is 12.6. The van der Waals surface area contributed by atoms with Crippen LogP contribution < -0.4 is 4.90 Å². The van der Waals surface area contributed by atoms with Gasteiger partial charge in [0.2, 0.25) is 5.78 Å². The van der Waals surface area contributed by atoms with E-state index >= 15 is 0 Å². The molecule has 1 aromatic heterocycles. The number of hydrogen-bond donors (Lipinski definition) is 0. The molecule has 0 aliphatic rings. The number of rotatable bonds is 3. The van der Waals surface area contributed by atoms with E-state index in [1.165, 1.54) is 11.3 Å². The van der Waals surface area contributed by atoms with E-state index in [0.717, 1.165) is 0 Å². The number of nitrogens with zero attached hydrogens (tertiary/aromatic N) is 2. The number of aryl methyl sites for hydroxylation is 1. The zero-order valence-corrected chi connectivity index (χ0v) is 9.11. The van der Waals surface area contributed by atoms with Gasteiger partial charge < -0.3 is 4.90 Å². The van der Waals surface area contributed by atoms with Gasteiger partial charge in [-0.15, -0.1) is 0 Å². The van der Waals surface area contributed by atoms with Crippen molar-refractivity contribution in [3.05, 3.63) is 23.0 Å². The van der Waals surface area contributed by atoms with E-state index in [0.29, 0.717) is 15.7 Å². The Morgan fingerprint density at radius 2 is 2.14 bits per heavy atom. The predicted molar refractivity (Wildman–Crippen MR) is 55.8 cm³/mol. The lowest BCUT2D eigenvalue weighted by atomic mass is 10.3. The van der Waals surface area contributed by atoms with Crippen molar-refractivity contribution in [2.45, 2.75) is 6.92 Å². The maximum Gasteiger partial charge on any atom is 0.232 e. The normalized spacial score (nSPS) is 10.0. The van der Waals surface area contributed by atoms with Gasteiger partial charge in [-0.2, -0.15) is 0 Å². The number of allylic oxidation sites excluding steroid dienone is 1. The van der Waals surface area contributed by atoms with Gasteiger partial charge in [0.15, 0.2) is 11.0 Å². The number of Topliss-reactive ketones (excluding diaryl/α,β-unsaturated/α-hetero) is 1. The van der Waals surface area contributed by atoms with Crippen LogP contribution in [0.4, 0.5) is 9.52 Å². The van der Waals surface area contributed by atoms with Crippen LogP contribution in [0.1, 0.15) is 15.4 Å². The van der Waals surface area contributed by atoms with Gasteiger partial charge >= 0.3 is 0 Å². The topological polar surface area (TPSA) is 33.2 Å². The zero-order valence-electron chi connectivity index (χ0n) is 8.30. The largest absolute Gasteiger partial charge is 0.354 e. The van der Waals surface area contributed by atoms with Gasteiger partial charge in [-0.3, -0.25) is 4.79 Å². The summed E-state index contributed by atoms with van der Waals surface area (Å²) in [5.74, 6) is -1.62. The first kappa shape index (κ1) is 10.8. The van der Waals surface area contributed by atoms with E-state index in [1.807, 2.05) is 14.1 Å². The van der Waals surface area contributed by atoms with Crippen LogP contribution in [0.5, 0.6) is 0 Å². The predicted octanol–water partition coefficient (Wildman–Crippen LogP) is 2.18. The number of ketones is 1. The molecule has 0 spiro atoms. The molecule has 76 valence electrons. The summed E-state index contributed by atoms with van der Waals surface area (Å²) in [6.45, 7) is 4.66. The van der Waals surface area contributed by atoms with Gasteiger partial charge in [-0.05, 0) is 6.92 Å². The Morgan fingerprint density at radius 3 is 2.50 bits per heavy atom. The van der Waals surface area contributed by atoms with E-state index in [9.17, 15) is 9.18 Å². The average Bonchev–Trinajstić information content (AvgIpc) is 2.46. The van der Waals surface area contributed by atoms with E-state index in [1.54, 1.807) is 11.8 Å². The Labute approximate surface area is 85.9 Å². The highest BCUT2D eigenvalue weighted by atomic mass is 32.1. The molecule has 0 aliphatic carbocycles. The molecule has 0 amide bonds. The minimum absolute atomic E-state index is 0.321. The van der Waals surface area contributed by atoms with Crippen LogP contribution in [0, 0.1) is 6.92 Å². The van der Waals surface area contributed by atoms with Crippen LogP contribution in [0.2, 0.25) is 0 Å². The average molecular weight is 214 g/mol. The molecule has 0 unspecified atom stereocenters. The van der Waals surface area contributed by atoms with Gasteiger partial charge in [-0.1, -0.05) is 17.9 Å². The van der Waals surface area contributed by atoms with Gasteiger partial charge in [0.05, 0.1) is 5.69 Å². The minimum atomic E-state index is -0.943. The van der Waals surface area contributed by atoms with Crippen LogP contribution in [0.15, 0.2) is 12.4 Å². The first-order valence-corrected chi connectivity index (χ1v) is 4.79. The molecule has 1 aromatic rings. The van der Waals surface area contributed by atoms with Gasteiger partial charge in [-0.25, -0.2) is 9.37 Å². The maximum atomic E-state index is 12.6. The molecule has 0 saturated heterocycles. The molecule has 3 nitrogen and oxygen atoms in total. The number of anilines is 1. The highest BCUT2D eigenvalue weighted by Crippen LogP contribution is 2.26. The number of carbonyl (C=O) groups excluding carboxylic acids is 1. The quantitative estimate of drug-likeness (QED) is 0.571. The summed E-state index contributed by atoms with van der Waals surface area (Å²) in [7, 11) is 3.63. The lowest BCUT2D eigenvalue weighted by Crippen LogP contribution is -2.07. The molecule has 0 fully saturated rings. The third-order valence-electron chi connectivity index (χ3n) is 1.62. The van der Waals surface area contributed by atoms with Crippen molar-refractivity contribution in [2.75, 3.05) is 19.0 Å². The van der Waals surface area contributed by atoms with Crippen LogP contribution in [-0.4, -0.2) is 24.9 Å². The second-order valence-corrected chi connectivity index (χ2v) is 4.02. The van der Waals surface area contributed by atoms with Crippen molar-refractivity contribution in [3.8, 4) is 0 Å². The van der Waals surface area contributed by atoms with Gasteiger partial charge in [0.25, 0.3) is 0 Å². The Hall–Kier alpha value is -1.23. The number of halogens is 1. The van der Waals surface area contributed by atoms with Crippen molar-refractivity contribution in [1.29, 1.82) is 0 Å². The molecule has 1 rings (SSSR count). The van der Waals surface area contributed by atoms with Crippen molar-refractivity contribution in [1.82, 2.24) is 4.98 Å². The van der Waals surface area contributed by atoms with Crippen LogP contribution >= 0.6 is 11.3 Å². The SMILES string of the molecule is C=C(F)C(=O)c1sc(N(C)C)nc1C. The van der Waals surface area contributed by atoms with Gasteiger partial charge in [0.1, 0.15) is 4.88 Å². The number of carbonyl (C=O) groups is 1. The maximum absolute atomic E-state index is 12.6. The van der Waals surface area contributed by atoms with Crippen molar-refractivity contribution >= 4 is 22.3 Å². The summed E-state index contributed by atoms with van der Waals surface area (Å²) in [5.41, 5.74) is 0.544. The molecule has 0 radical (unpaired) electrons. The standard InChI is InChI=1S/C9H11FN2OS/c1-5(10)7(13)8-6(2)11-9(14-8)12(3)4/h1H2,2-4H3. The fourth-order valence-corrected chi connectivity index (χ4v) is 1.85. The number of hydrogen-bond acceptors (Lipinski definition) is 4. The summed E-state index contributed by atoms with van der Waals surface area (Å²) in [6.07, 6.45) is 0. The first-order valence-electron chi connectivity index (χ1n) is 3.97. The van der Waals surface area contributed by atoms with Crippen LogP contribution in [-0.2, 0) is 0 Å². The molecular formula is C9H11FN2OS. The highest BCUT2D eigenvalue weighted by molar-refractivity contribution is 7.17. The van der Waals surface area contributed by atoms with E-state index < -0.39 is 11.6 Å². The van der Waals surface area contributed by atoms with Crippen LogP contribution in [0.25, 0.3) is 0 Å².